The van der Waals surface area contributed by atoms with Crippen molar-refractivity contribution in [3.8, 4) is 0 Å². The van der Waals surface area contributed by atoms with Crippen LogP contribution >= 0.6 is 0 Å². The van der Waals surface area contributed by atoms with Crippen molar-refractivity contribution < 1.29 is 26.3 Å². The third-order valence-corrected chi connectivity index (χ3v) is 7.84. The first-order valence-corrected chi connectivity index (χ1v) is 10.5. The molecule has 0 amide bonds. The monoisotopic (exact) mass is 408 g/mol. The van der Waals surface area contributed by atoms with Crippen LogP contribution in [0.1, 0.15) is 25.0 Å². The first kappa shape index (κ1) is 19.2. The molecule has 152 valence electrons. The minimum absolute atomic E-state index is 0.0541. The second-order valence-corrected chi connectivity index (χ2v) is 9.69. The van der Waals surface area contributed by atoms with Gasteiger partial charge in [0.25, 0.3) is 10.0 Å². The Morgan fingerprint density at radius 1 is 1.26 bits per heavy atom. The molecule has 0 aromatic carbocycles. The van der Waals surface area contributed by atoms with Crippen molar-refractivity contribution in [3.05, 3.63) is 11.8 Å². The zero-order valence-electron chi connectivity index (χ0n) is 15.1. The molecule has 0 bridgehead atoms. The number of sulfonamides is 1. The molecule has 0 N–H and O–H groups in total. The molecule has 3 heterocycles. The Balaban J connectivity index is 1.44. The highest BCUT2D eigenvalue weighted by molar-refractivity contribution is 7.89. The second kappa shape index (κ2) is 6.43. The molecule has 4 rings (SSSR count). The molecule has 1 spiro atoms. The molecule has 27 heavy (non-hydrogen) atoms. The molecule has 1 saturated carbocycles. The van der Waals surface area contributed by atoms with E-state index in [1.165, 1.54) is 11.4 Å². The van der Waals surface area contributed by atoms with Crippen molar-refractivity contribution >= 4 is 10.0 Å². The number of morpholine rings is 1. The van der Waals surface area contributed by atoms with E-state index in [2.05, 4.69) is 10.00 Å². The summed E-state index contributed by atoms with van der Waals surface area (Å²) in [6.07, 6.45) is -1.77. The van der Waals surface area contributed by atoms with Gasteiger partial charge in [0.2, 0.25) is 0 Å². The van der Waals surface area contributed by atoms with Crippen LogP contribution in [0.2, 0.25) is 0 Å². The second-order valence-electron chi connectivity index (χ2n) is 7.81. The van der Waals surface area contributed by atoms with E-state index in [1.54, 1.807) is 0 Å². The molecule has 2 saturated heterocycles. The first-order chi connectivity index (χ1) is 12.6. The largest absolute Gasteiger partial charge is 0.435 e. The lowest BCUT2D eigenvalue weighted by atomic mass is 9.80. The fourth-order valence-electron chi connectivity index (χ4n) is 4.55. The van der Waals surface area contributed by atoms with Crippen LogP contribution in [0.3, 0.4) is 0 Å². The molecule has 1 aromatic heterocycles. The van der Waals surface area contributed by atoms with Crippen molar-refractivity contribution in [2.45, 2.75) is 36.5 Å². The number of nitrogens with zero attached hydrogens (tertiary/aromatic N) is 4. The number of halogens is 3. The molecule has 1 aromatic rings. The highest BCUT2D eigenvalue weighted by atomic mass is 32.2. The fourth-order valence-corrected chi connectivity index (χ4v) is 6.34. The predicted octanol–water partition coefficient (Wildman–Crippen LogP) is 1.31. The van der Waals surface area contributed by atoms with Crippen LogP contribution in [0.5, 0.6) is 0 Å². The average molecular weight is 408 g/mol. The van der Waals surface area contributed by atoms with Gasteiger partial charge in [-0.15, -0.1) is 0 Å². The summed E-state index contributed by atoms with van der Waals surface area (Å²) in [6, 6.07) is 1.05. The minimum Gasteiger partial charge on any atom is -0.379 e. The van der Waals surface area contributed by atoms with Crippen molar-refractivity contribution in [2.24, 2.45) is 12.5 Å². The van der Waals surface area contributed by atoms with Crippen LogP contribution in [-0.4, -0.2) is 72.8 Å². The first-order valence-electron chi connectivity index (χ1n) is 9.04. The van der Waals surface area contributed by atoms with E-state index in [9.17, 15) is 21.6 Å². The highest BCUT2D eigenvalue weighted by Crippen LogP contribution is 2.48. The summed E-state index contributed by atoms with van der Waals surface area (Å²) in [4.78, 5) is 2.41. The van der Waals surface area contributed by atoms with Crippen LogP contribution in [-0.2, 0) is 28.0 Å². The molecule has 1 aliphatic carbocycles. The lowest BCUT2D eigenvalue weighted by Gasteiger charge is -2.47. The summed E-state index contributed by atoms with van der Waals surface area (Å²) in [7, 11) is -2.75. The van der Waals surface area contributed by atoms with E-state index >= 15 is 0 Å². The van der Waals surface area contributed by atoms with Crippen molar-refractivity contribution in [3.63, 3.8) is 0 Å². The molecule has 2 aliphatic heterocycles. The van der Waals surface area contributed by atoms with Gasteiger partial charge in [-0.1, -0.05) is 0 Å². The van der Waals surface area contributed by atoms with Crippen LogP contribution in [0.15, 0.2) is 11.1 Å². The van der Waals surface area contributed by atoms with Crippen molar-refractivity contribution in [1.29, 1.82) is 0 Å². The zero-order chi connectivity index (χ0) is 19.4. The number of ether oxygens (including phenoxy) is 1. The smallest absolute Gasteiger partial charge is 0.379 e. The normalized spacial score (nSPS) is 27.2. The molecular formula is C16H23F3N4O3S. The van der Waals surface area contributed by atoms with Gasteiger partial charge in [-0.25, -0.2) is 8.42 Å². The van der Waals surface area contributed by atoms with Crippen molar-refractivity contribution in [2.75, 3.05) is 39.4 Å². The summed E-state index contributed by atoms with van der Waals surface area (Å²) < 4.78 is 71.5. The Hall–Kier alpha value is -1.17. The van der Waals surface area contributed by atoms with E-state index in [-0.39, 0.29) is 5.41 Å². The fraction of sp³-hybridized carbons (Fsp3) is 0.812. The predicted molar refractivity (Wildman–Crippen MR) is 89.4 cm³/mol. The van der Waals surface area contributed by atoms with Crippen LogP contribution in [0, 0.1) is 5.41 Å². The van der Waals surface area contributed by atoms with Gasteiger partial charge in [-0.05, 0) is 24.7 Å². The summed E-state index contributed by atoms with van der Waals surface area (Å²) in [5.41, 5.74) is -1.24. The summed E-state index contributed by atoms with van der Waals surface area (Å²) >= 11 is 0. The Morgan fingerprint density at radius 3 is 2.52 bits per heavy atom. The highest BCUT2D eigenvalue weighted by Gasteiger charge is 2.53. The van der Waals surface area contributed by atoms with Crippen LogP contribution in [0.4, 0.5) is 13.2 Å². The lowest BCUT2D eigenvalue weighted by Crippen LogP contribution is -2.58. The van der Waals surface area contributed by atoms with Gasteiger partial charge in [0.05, 0.1) is 13.2 Å². The van der Waals surface area contributed by atoms with Crippen LogP contribution in [0.25, 0.3) is 0 Å². The standard InChI is InChI=1S/C16H23F3N4O3S/c1-21-14(8-13(20-21)16(17,18)19)27(24,25)23-10-15(11-23)3-2-12(9-15)22-4-6-26-7-5-22/h8,12H,2-7,9-11H2,1H3/t12-/m1/s1. The molecular weight excluding hydrogens is 385 g/mol. The molecule has 0 unspecified atom stereocenters. The molecule has 11 heteroatoms. The maximum Gasteiger partial charge on any atom is 0.435 e. The number of hydrogen-bond acceptors (Lipinski definition) is 5. The lowest BCUT2D eigenvalue weighted by molar-refractivity contribution is -0.141. The van der Waals surface area contributed by atoms with E-state index in [0.717, 1.165) is 50.2 Å². The third kappa shape index (κ3) is 3.39. The van der Waals surface area contributed by atoms with E-state index < -0.39 is 26.9 Å². The Kier molecular flexibility index (Phi) is 4.56. The molecule has 7 nitrogen and oxygen atoms in total. The number of alkyl halides is 3. The van der Waals surface area contributed by atoms with Crippen molar-refractivity contribution in [1.82, 2.24) is 19.0 Å². The number of hydrogen-bond donors (Lipinski definition) is 0. The Bertz CT molecular complexity index is 811. The summed E-state index contributed by atoms with van der Waals surface area (Å²) in [5, 5.41) is 2.91. The number of rotatable bonds is 3. The topological polar surface area (TPSA) is 67.7 Å². The Morgan fingerprint density at radius 2 is 1.93 bits per heavy atom. The molecule has 3 aliphatic rings. The van der Waals surface area contributed by atoms with E-state index in [4.69, 9.17) is 4.74 Å². The van der Waals surface area contributed by atoms with E-state index in [0.29, 0.717) is 25.2 Å². The SMILES string of the molecule is Cn1nc(C(F)(F)F)cc1S(=O)(=O)N1CC2(CC[C@@H](N3CCOCC3)C2)C1. The quantitative estimate of drug-likeness (QED) is 0.755. The maximum atomic E-state index is 12.8. The van der Waals surface area contributed by atoms with Gasteiger partial charge < -0.3 is 4.74 Å². The third-order valence-electron chi connectivity index (χ3n) is 5.99. The Labute approximate surface area is 156 Å². The molecule has 3 fully saturated rings. The maximum absolute atomic E-state index is 12.8. The molecule has 1 atom stereocenters. The van der Waals surface area contributed by atoms with Gasteiger partial charge in [0, 0.05) is 45.3 Å². The van der Waals surface area contributed by atoms with Gasteiger partial charge in [0.1, 0.15) is 0 Å². The number of aromatic nitrogens is 2. The summed E-state index contributed by atoms with van der Waals surface area (Å²) in [5.74, 6) is 0. The summed E-state index contributed by atoms with van der Waals surface area (Å²) in [6.45, 7) is 3.99. The van der Waals surface area contributed by atoms with Gasteiger partial charge in [0.15, 0.2) is 10.7 Å². The number of aryl methyl sites for hydroxylation is 1. The van der Waals surface area contributed by atoms with Gasteiger partial charge in [-0.2, -0.15) is 22.6 Å². The molecule has 0 radical (unpaired) electrons. The zero-order valence-corrected chi connectivity index (χ0v) is 15.9. The van der Waals surface area contributed by atoms with E-state index in [1.807, 2.05) is 0 Å². The van der Waals surface area contributed by atoms with Gasteiger partial charge in [-0.3, -0.25) is 9.58 Å². The minimum atomic E-state index is -4.67. The van der Waals surface area contributed by atoms with Crippen LogP contribution < -0.4 is 0 Å². The van der Waals surface area contributed by atoms with Gasteiger partial charge >= 0.3 is 6.18 Å². The average Bonchev–Trinajstić information content (AvgIpc) is 3.18.